The van der Waals surface area contributed by atoms with Gasteiger partial charge >= 0.3 is 124 Å². The number of anilines is 2. The molecule has 6 N–H and O–H groups in total. The van der Waals surface area contributed by atoms with Crippen LogP contribution in [0.5, 0.6) is 23.0 Å². The Hall–Kier alpha value is -2.85. The van der Waals surface area contributed by atoms with E-state index in [0.717, 1.165) is 48.5 Å². The summed E-state index contributed by atoms with van der Waals surface area (Å²) in [6.45, 7) is 0. The van der Waals surface area contributed by atoms with Crippen molar-refractivity contribution >= 4 is 102 Å². The van der Waals surface area contributed by atoms with E-state index < -0.39 is 112 Å². The van der Waals surface area contributed by atoms with Gasteiger partial charge in [-0.1, -0.05) is 47.3 Å². The van der Waals surface area contributed by atoms with Crippen LogP contribution >= 0.6 is 0 Å². The maximum atomic E-state index is 13.3. The number of amides is 2. The fourth-order valence-corrected chi connectivity index (χ4v) is 7.70. The van der Waals surface area contributed by atoms with E-state index in [1.165, 1.54) is 12.1 Å². The van der Waals surface area contributed by atoms with Gasteiger partial charge in [-0.25, -0.2) is 4.79 Å². The Balaban J connectivity index is 0.00000352. The second-order valence-electron chi connectivity index (χ2n) is 12.1. The van der Waals surface area contributed by atoms with Crippen LogP contribution in [0.4, 0.5) is 38.9 Å². The van der Waals surface area contributed by atoms with Crippen molar-refractivity contribution in [1.82, 2.24) is 0 Å². The topological polar surface area (TPSA) is 400 Å². The van der Waals surface area contributed by atoms with E-state index in [1.54, 1.807) is 0 Å². The van der Waals surface area contributed by atoms with Gasteiger partial charge in [0.2, 0.25) is 0 Å². The van der Waals surface area contributed by atoms with Crippen LogP contribution in [0.1, 0.15) is 0 Å². The zero-order valence-electron chi connectivity index (χ0n) is 33.1. The molecule has 0 saturated heterocycles. The van der Waals surface area contributed by atoms with Gasteiger partial charge in [-0.2, -0.15) is 43.9 Å². The number of hydrogen-bond donors (Lipinski definition) is 6. The molecule has 0 aromatic heterocycles. The molecule has 0 aliphatic rings. The summed E-state index contributed by atoms with van der Waals surface area (Å²) in [6, 6.07) is 11.6. The molecule has 64 heavy (non-hydrogen) atoms. The van der Waals surface area contributed by atoms with E-state index in [4.69, 9.17) is 0 Å². The summed E-state index contributed by atoms with van der Waals surface area (Å²) in [5.41, 5.74) is -3.53. The van der Waals surface area contributed by atoms with Gasteiger partial charge in [0.1, 0.15) is 9.79 Å². The largest absolute Gasteiger partial charge is 1.00 e. The molecule has 31 heteroatoms. The number of nitrogens with zero attached hydrogens (tertiary/aromatic N) is 4. The summed E-state index contributed by atoms with van der Waals surface area (Å²) < 4.78 is 133. The van der Waals surface area contributed by atoms with E-state index in [0.29, 0.717) is 24.3 Å². The van der Waals surface area contributed by atoms with Gasteiger partial charge in [0.05, 0.1) is 32.5 Å². The molecule has 0 radical (unpaired) electrons. The molecular weight excluding hydrogens is 973 g/mol. The maximum absolute atomic E-state index is 13.3. The van der Waals surface area contributed by atoms with Crippen molar-refractivity contribution in [2.24, 2.45) is 20.5 Å². The van der Waals surface area contributed by atoms with E-state index >= 15 is 0 Å². The average Bonchev–Trinajstić information content (AvgIpc) is 3.13. The number of benzene rings is 6. The third-order valence-electron chi connectivity index (χ3n) is 8.11. The Morgan fingerprint density at radius 1 is 0.453 bits per heavy atom. The van der Waals surface area contributed by atoms with Crippen LogP contribution in [-0.2, 0) is 40.5 Å². The van der Waals surface area contributed by atoms with Crippen molar-refractivity contribution in [3.8, 4) is 23.0 Å². The predicted octanol–water partition coefficient (Wildman–Crippen LogP) is -8.24. The average molecular weight is 993 g/mol. The number of hydrogen-bond acceptors (Lipinski definition) is 17. The second-order valence-corrected chi connectivity index (χ2v) is 17.7. The SMILES string of the molecule is O=C(Nc1ccc2c([O-])c(N=Nc3cc(S(=O)(=O)O)ccc3[O-])c(S(=O)(=O)O)cc2c1)Nc1ccc2c([O-])c(N=Nc3cc(S(=O)(=O)O)ccc3[O-])c(S(=O)(=O)O)cc2c1.[Na+].[Na+].[Na+].[Na+]. The van der Waals surface area contributed by atoms with Crippen molar-refractivity contribution in [2.45, 2.75) is 19.6 Å². The maximum Gasteiger partial charge on any atom is 1.00 e. The van der Waals surface area contributed by atoms with Gasteiger partial charge in [-0.3, -0.25) is 18.2 Å². The standard InChI is InChI=1S/C33H24N6O17S4.4Na/c40-25-7-3-19(57(45,46)47)13-23(25)36-38-29-27(59(51,52)53)11-15-9-17(1-5-21(15)31(29)42)34-33(44)35-18-2-6-22-16(10-18)12-28(60(54,55)56)30(32(22)43)39-37-24-14-20(58(48,49)50)4-8-26(24)41;;;;/h1-14,40-43H,(H2,34,35,44)(H,45,46,47)(H,48,49,50)(H,51,52,53)(H,54,55,56);;;;/q;4*+1/p-4. The summed E-state index contributed by atoms with van der Waals surface area (Å²) in [6.07, 6.45) is 0. The fraction of sp³-hybridized carbons (Fsp3) is 0. The first-order valence-electron chi connectivity index (χ1n) is 15.8. The Kier molecular flexibility index (Phi) is 19.6. The summed E-state index contributed by atoms with van der Waals surface area (Å²) in [5, 5.41) is 68.9. The molecule has 0 unspecified atom stereocenters. The van der Waals surface area contributed by atoms with Crippen molar-refractivity contribution in [3.05, 3.63) is 84.9 Å². The molecule has 0 bridgehead atoms. The Labute approximate surface area is 450 Å². The van der Waals surface area contributed by atoms with Crippen LogP contribution in [0, 0.1) is 0 Å². The quantitative estimate of drug-likeness (QED) is 0.0422. The zero-order valence-corrected chi connectivity index (χ0v) is 44.4. The molecule has 0 saturated carbocycles. The minimum absolute atomic E-state index is 0. The second kappa shape index (κ2) is 21.8. The number of urea groups is 1. The monoisotopic (exact) mass is 992 g/mol. The molecule has 2 amide bonds. The van der Waals surface area contributed by atoms with Crippen LogP contribution in [0.15, 0.2) is 125 Å². The van der Waals surface area contributed by atoms with Gasteiger partial charge in [0.25, 0.3) is 40.5 Å². The molecule has 0 atom stereocenters. The Bertz CT molecular complexity index is 3140. The third-order valence-corrected chi connectivity index (χ3v) is 11.5. The molecule has 23 nitrogen and oxygen atoms in total. The number of rotatable bonds is 10. The summed E-state index contributed by atoms with van der Waals surface area (Å²) in [5.74, 6) is -4.13. The van der Waals surface area contributed by atoms with Crippen LogP contribution in [0.25, 0.3) is 21.5 Å². The first-order chi connectivity index (χ1) is 27.8. The number of nitrogens with one attached hydrogen (secondary N) is 2. The van der Waals surface area contributed by atoms with Crippen LogP contribution in [0.3, 0.4) is 0 Å². The van der Waals surface area contributed by atoms with Gasteiger partial charge in [-0.15, -0.1) is 10.2 Å². The molecule has 6 aromatic rings. The first kappa shape index (κ1) is 57.3. The third kappa shape index (κ3) is 13.2. The summed E-state index contributed by atoms with van der Waals surface area (Å²) in [4.78, 5) is 9.28. The Morgan fingerprint density at radius 2 is 0.797 bits per heavy atom. The van der Waals surface area contributed by atoms with Crippen LogP contribution in [0.2, 0.25) is 0 Å². The van der Waals surface area contributed by atoms with E-state index in [-0.39, 0.29) is 151 Å². The number of carbonyl (C=O) groups is 1. The summed E-state index contributed by atoms with van der Waals surface area (Å²) in [7, 11) is -20.1. The first-order valence-corrected chi connectivity index (χ1v) is 21.6. The molecule has 0 heterocycles. The molecule has 0 fully saturated rings. The predicted molar refractivity (Wildman–Crippen MR) is 199 cm³/mol. The molecule has 0 spiro atoms. The van der Waals surface area contributed by atoms with Gasteiger partial charge in [-0.05, 0) is 82.2 Å². The van der Waals surface area contributed by atoms with Crippen LogP contribution < -0.4 is 149 Å². The smallest absolute Gasteiger partial charge is 0.871 e. The minimum atomic E-state index is -5.23. The normalized spacial score (nSPS) is 11.9. The van der Waals surface area contributed by atoms with E-state index in [1.807, 2.05) is 0 Å². The molecule has 6 rings (SSSR count). The molecule has 312 valence electrons. The zero-order chi connectivity index (χ0) is 44.1. The minimum Gasteiger partial charge on any atom is -0.871 e. The molecule has 6 aromatic carbocycles. The number of carbonyl (C=O) groups excluding carboxylic acids is 1. The van der Waals surface area contributed by atoms with Gasteiger partial charge in [0.15, 0.2) is 0 Å². The Morgan fingerprint density at radius 3 is 1.11 bits per heavy atom. The number of azo groups is 2. The van der Waals surface area contributed by atoms with Crippen molar-refractivity contribution in [2.75, 3.05) is 10.6 Å². The van der Waals surface area contributed by atoms with E-state index in [9.17, 15) is 77.1 Å². The number of fused-ring (bicyclic) bond motifs is 2. The molecular formula is C33H20N6Na4O17S4. The van der Waals surface area contributed by atoms with Crippen molar-refractivity contribution < 1.29 is 195 Å². The van der Waals surface area contributed by atoms with Crippen molar-refractivity contribution in [1.29, 1.82) is 0 Å². The van der Waals surface area contributed by atoms with Gasteiger partial charge < -0.3 is 31.1 Å². The van der Waals surface area contributed by atoms with Crippen LogP contribution in [-0.4, -0.2) is 57.9 Å². The van der Waals surface area contributed by atoms with Gasteiger partial charge in [0, 0.05) is 11.4 Å². The molecule has 0 aliphatic carbocycles. The molecule has 0 aliphatic heterocycles. The fourth-order valence-electron chi connectivity index (χ4n) is 5.39. The summed E-state index contributed by atoms with van der Waals surface area (Å²) >= 11 is 0. The van der Waals surface area contributed by atoms with E-state index in [2.05, 4.69) is 31.1 Å². The van der Waals surface area contributed by atoms with Crippen molar-refractivity contribution in [3.63, 3.8) is 0 Å².